The Morgan fingerprint density at radius 3 is 2.56 bits per heavy atom. The van der Waals surface area contributed by atoms with Gasteiger partial charge in [-0.25, -0.2) is 0 Å². The number of methoxy groups -OCH3 is 1. The number of aliphatic hydroxyl groups excluding tert-OH is 1. The Morgan fingerprint density at radius 1 is 1.11 bits per heavy atom. The van der Waals surface area contributed by atoms with Crippen molar-refractivity contribution in [3.8, 4) is 5.75 Å². The summed E-state index contributed by atoms with van der Waals surface area (Å²) in [5.74, 6) is 0.439. The zero-order chi connectivity index (χ0) is 31.8. The highest BCUT2D eigenvalue weighted by Crippen LogP contribution is 2.59. The average molecular weight is 626 g/mol. The molecule has 0 bridgehead atoms. The van der Waals surface area contributed by atoms with E-state index in [1.54, 1.807) is 16.7 Å². The van der Waals surface area contributed by atoms with Crippen LogP contribution in [0.15, 0.2) is 79.0 Å². The van der Waals surface area contributed by atoms with E-state index < -0.39 is 13.7 Å². The van der Waals surface area contributed by atoms with Gasteiger partial charge in [0.2, 0.25) is 6.41 Å². The van der Waals surface area contributed by atoms with E-state index in [1.165, 1.54) is 5.19 Å². The number of aromatic nitrogens is 3. The number of ether oxygens (including phenoxy) is 2. The van der Waals surface area contributed by atoms with Crippen LogP contribution in [-0.4, -0.2) is 60.3 Å². The molecule has 45 heavy (non-hydrogen) atoms. The van der Waals surface area contributed by atoms with Gasteiger partial charge in [0, 0.05) is 54.3 Å². The zero-order valence-electron chi connectivity index (χ0n) is 26.0. The first-order valence-corrected chi connectivity index (χ1v) is 18.4. The van der Waals surface area contributed by atoms with Crippen LogP contribution >= 0.6 is 0 Å². The number of nitrogens with zero attached hydrogens (tertiary/aromatic N) is 4. The first-order valence-electron chi connectivity index (χ1n) is 15.3. The summed E-state index contributed by atoms with van der Waals surface area (Å²) in [5, 5.41) is 22.1. The lowest BCUT2D eigenvalue weighted by Crippen LogP contribution is -2.51. The van der Waals surface area contributed by atoms with Crippen LogP contribution in [-0.2, 0) is 32.9 Å². The zero-order valence-corrected chi connectivity index (χ0v) is 27.0. The molecule has 0 radical (unpaired) electrons. The van der Waals surface area contributed by atoms with Crippen LogP contribution in [0.25, 0.3) is 0 Å². The Hall–Kier alpha value is -4.32. The fraction of sp³-hybridized carbons (Fsp3) is 0.353. The molecule has 0 saturated carbocycles. The number of amides is 2. The van der Waals surface area contributed by atoms with E-state index in [0.29, 0.717) is 30.8 Å². The monoisotopic (exact) mass is 625 g/mol. The Balaban J connectivity index is 1.41. The van der Waals surface area contributed by atoms with Gasteiger partial charge >= 0.3 is 0 Å². The van der Waals surface area contributed by atoms with Gasteiger partial charge in [-0.2, -0.15) is 0 Å². The van der Waals surface area contributed by atoms with Crippen molar-refractivity contribution in [1.29, 1.82) is 0 Å². The van der Waals surface area contributed by atoms with Crippen molar-refractivity contribution in [2.45, 2.75) is 56.7 Å². The van der Waals surface area contributed by atoms with E-state index in [2.05, 4.69) is 47.8 Å². The third-order valence-corrected chi connectivity index (χ3v) is 13.9. The average Bonchev–Trinajstić information content (AvgIpc) is 3.71. The van der Waals surface area contributed by atoms with Crippen LogP contribution in [0.4, 0.5) is 17.1 Å². The van der Waals surface area contributed by atoms with Gasteiger partial charge in [-0.15, -0.1) is 5.10 Å². The molecular formula is C34H39N5O5Si. The van der Waals surface area contributed by atoms with Crippen LogP contribution < -0.4 is 20.1 Å². The maximum atomic E-state index is 14.1. The molecule has 0 aliphatic carbocycles. The summed E-state index contributed by atoms with van der Waals surface area (Å²) in [7, 11) is -0.638. The Labute approximate surface area is 264 Å². The number of fused-ring (bicyclic) bond motifs is 2. The van der Waals surface area contributed by atoms with Gasteiger partial charge in [-0.05, 0) is 54.4 Å². The number of hydrogen-bond donors (Lipinski definition) is 2. The van der Waals surface area contributed by atoms with E-state index in [9.17, 15) is 14.7 Å². The summed E-state index contributed by atoms with van der Waals surface area (Å²) in [4.78, 5) is 28.0. The quantitative estimate of drug-likeness (QED) is 0.188. The van der Waals surface area contributed by atoms with E-state index in [0.717, 1.165) is 29.1 Å². The second-order valence-corrected chi connectivity index (χ2v) is 17.1. The molecule has 2 aliphatic rings. The fourth-order valence-electron chi connectivity index (χ4n) is 7.34. The van der Waals surface area contributed by atoms with Crippen molar-refractivity contribution in [3.63, 3.8) is 0 Å². The van der Waals surface area contributed by atoms with Crippen molar-refractivity contribution in [3.05, 3.63) is 90.3 Å². The molecule has 234 valence electrons. The van der Waals surface area contributed by atoms with Gasteiger partial charge in [-0.3, -0.25) is 19.2 Å². The number of rotatable bonds is 11. The summed E-state index contributed by atoms with van der Waals surface area (Å²) in [6, 6.07) is 23.3. The highest BCUT2D eigenvalue weighted by Gasteiger charge is 2.64. The molecule has 4 atom stereocenters. The van der Waals surface area contributed by atoms with Gasteiger partial charge < -0.3 is 19.9 Å². The van der Waals surface area contributed by atoms with Crippen LogP contribution in [0.3, 0.4) is 0 Å². The van der Waals surface area contributed by atoms with E-state index >= 15 is 0 Å². The number of para-hydroxylation sites is 1. The van der Waals surface area contributed by atoms with E-state index in [1.807, 2.05) is 66.9 Å². The second-order valence-electron chi connectivity index (χ2n) is 12.4. The third-order valence-electron chi connectivity index (χ3n) is 9.59. The Kier molecular flexibility index (Phi) is 8.34. The van der Waals surface area contributed by atoms with E-state index in [-0.39, 0.29) is 30.1 Å². The number of hydrogen-bond acceptors (Lipinski definition) is 7. The molecule has 1 saturated heterocycles. The topological polar surface area (TPSA) is 119 Å². The Bertz CT molecular complexity index is 1680. The minimum Gasteiger partial charge on any atom is -0.497 e. The van der Waals surface area contributed by atoms with Crippen LogP contribution in [0.5, 0.6) is 5.75 Å². The number of anilines is 3. The fourth-order valence-corrected chi connectivity index (χ4v) is 11.4. The summed E-state index contributed by atoms with van der Waals surface area (Å²) in [6.45, 7) is 7.38. The number of carbonyl (C=O) groups is 2. The van der Waals surface area contributed by atoms with Gasteiger partial charge in [0.15, 0.2) is 5.60 Å². The molecule has 3 heterocycles. The maximum Gasteiger partial charge on any atom is 0.261 e. The number of aryl methyl sites for hydroxylation is 1. The molecule has 2 amide bonds. The predicted molar refractivity (Wildman–Crippen MR) is 175 cm³/mol. The number of carbonyl (C=O) groups excluding carboxylic acids is 2. The third kappa shape index (κ3) is 5.34. The lowest BCUT2D eigenvalue weighted by molar-refractivity contribution is -0.143. The smallest absolute Gasteiger partial charge is 0.261 e. The minimum absolute atomic E-state index is 0.0104. The van der Waals surface area contributed by atoms with Crippen molar-refractivity contribution in [1.82, 2.24) is 15.0 Å². The molecule has 10 nitrogen and oxygen atoms in total. The summed E-state index contributed by atoms with van der Waals surface area (Å²) < 4.78 is 14.3. The Morgan fingerprint density at radius 2 is 1.87 bits per heavy atom. The number of benzene rings is 3. The summed E-state index contributed by atoms with van der Waals surface area (Å²) >= 11 is 0. The van der Waals surface area contributed by atoms with Crippen molar-refractivity contribution < 1.29 is 24.2 Å². The van der Waals surface area contributed by atoms with Crippen molar-refractivity contribution in [2.75, 3.05) is 23.9 Å². The molecule has 2 aliphatic heterocycles. The normalized spacial score (nSPS) is 22.3. The minimum atomic E-state index is -2.30. The van der Waals surface area contributed by atoms with Crippen LogP contribution in [0, 0.1) is 5.92 Å². The number of nitrogens with one attached hydrogen (secondary N) is 1. The standard InChI is InChI=1S/C34H39N5O5Si/c1-23-32(45(3,4)28-13-11-27(43-2)12-14-28)31(16-18-38-21-24(17-19-40)36-37-38)44-34(23)29-20-26(10-15-30(29)35-33(34)42)39(22-41)25-8-6-5-7-9-25/h5-15,20-23,31-32,40H,16-19H2,1-4H3,(H,35,42)/t23-,31+,32-,34+/m1/s1. The molecule has 0 unspecified atom stereocenters. The van der Waals surface area contributed by atoms with Crippen molar-refractivity contribution in [2.24, 2.45) is 5.92 Å². The molecule has 1 aromatic heterocycles. The maximum absolute atomic E-state index is 14.1. The largest absolute Gasteiger partial charge is 0.497 e. The first-order chi connectivity index (χ1) is 21.7. The molecular weight excluding hydrogens is 586 g/mol. The van der Waals surface area contributed by atoms with Crippen LogP contribution in [0.2, 0.25) is 18.6 Å². The summed E-state index contributed by atoms with van der Waals surface area (Å²) in [5.41, 5.74) is 2.40. The molecule has 11 heteroatoms. The van der Waals surface area contributed by atoms with E-state index in [4.69, 9.17) is 9.47 Å². The molecule has 3 aromatic carbocycles. The van der Waals surface area contributed by atoms with Gasteiger partial charge in [-0.1, -0.05) is 60.7 Å². The van der Waals surface area contributed by atoms with Gasteiger partial charge in [0.1, 0.15) is 5.75 Å². The highest BCUT2D eigenvalue weighted by molar-refractivity contribution is 6.91. The summed E-state index contributed by atoms with van der Waals surface area (Å²) in [6.07, 6.45) is 3.46. The van der Waals surface area contributed by atoms with Crippen LogP contribution in [0.1, 0.15) is 24.6 Å². The van der Waals surface area contributed by atoms with Gasteiger partial charge in [0.05, 0.1) is 27.0 Å². The first kappa shape index (κ1) is 30.7. The van der Waals surface area contributed by atoms with Gasteiger partial charge in [0.25, 0.3) is 5.91 Å². The second kappa shape index (κ2) is 12.2. The number of aliphatic hydroxyl groups is 1. The molecule has 4 aromatic rings. The lowest BCUT2D eigenvalue weighted by atomic mass is 9.82. The SMILES string of the molecule is COc1ccc([Si](C)(C)[C@H]2[C@H](CCn3cc(CCO)nn3)O[C@@]3(C(=O)Nc4ccc(N(C=O)c5ccccc5)cc43)[C@@H]2C)cc1. The predicted octanol–water partition coefficient (Wildman–Crippen LogP) is 4.37. The van der Waals surface area contributed by atoms with Crippen molar-refractivity contribution >= 4 is 42.6 Å². The lowest BCUT2D eigenvalue weighted by Gasteiger charge is -2.37. The molecule has 6 rings (SSSR count). The molecule has 1 fully saturated rings. The highest BCUT2D eigenvalue weighted by atomic mass is 28.3. The molecule has 1 spiro atoms. The molecule has 2 N–H and O–H groups in total.